The van der Waals surface area contributed by atoms with E-state index in [2.05, 4.69) is 20.9 Å². The Hall–Kier alpha value is -1.01. The standard InChI is InChI=1S/C11H9BrF2N2O/c12-9-1-6(8-2-11(8,13)14)3-16-4-7(5-17)15-10(9)16/h1,3-4,8,17H,2,5H2. The van der Waals surface area contributed by atoms with Gasteiger partial charge in [0.05, 0.1) is 22.7 Å². The number of hydrogen-bond acceptors (Lipinski definition) is 2. The quantitative estimate of drug-likeness (QED) is 0.926. The van der Waals surface area contributed by atoms with Crippen molar-refractivity contribution in [2.75, 3.05) is 0 Å². The Balaban J connectivity index is 2.11. The van der Waals surface area contributed by atoms with E-state index in [0.29, 0.717) is 21.4 Å². The third-order valence-corrected chi connectivity index (χ3v) is 3.55. The fourth-order valence-electron chi connectivity index (χ4n) is 1.97. The molecule has 1 unspecified atom stereocenters. The average Bonchev–Trinajstić information content (AvgIpc) is 2.75. The Morgan fingerprint density at radius 1 is 1.53 bits per heavy atom. The van der Waals surface area contributed by atoms with Gasteiger partial charge >= 0.3 is 0 Å². The van der Waals surface area contributed by atoms with Crippen molar-refractivity contribution in [2.24, 2.45) is 0 Å². The van der Waals surface area contributed by atoms with Crippen LogP contribution in [-0.2, 0) is 6.61 Å². The number of imidazole rings is 1. The van der Waals surface area contributed by atoms with Crippen LogP contribution in [0.1, 0.15) is 23.6 Å². The van der Waals surface area contributed by atoms with Crippen molar-refractivity contribution < 1.29 is 13.9 Å². The van der Waals surface area contributed by atoms with Gasteiger partial charge in [-0.3, -0.25) is 0 Å². The van der Waals surface area contributed by atoms with Gasteiger partial charge in [0, 0.05) is 18.8 Å². The zero-order chi connectivity index (χ0) is 12.2. The molecule has 0 saturated heterocycles. The highest BCUT2D eigenvalue weighted by molar-refractivity contribution is 9.10. The molecule has 1 aliphatic rings. The summed E-state index contributed by atoms with van der Waals surface area (Å²) in [5.74, 6) is -3.27. The first-order valence-corrected chi connectivity index (χ1v) is 5.96. The van der Waals surface area contributed by atoms with Crippen LogP contribution in [0.3, 0.4) is 0 Å². The van der Waals surface area contributed by atoms with Gasteiger partial charge < -0.3 is 9.51 Å². The average molecular weight is 303 g/mol. The van der Waals surface area contributed by atoms with Crippen molar-refractivity contribution in [3.8, 4) is 0 Å². The van der Waals surface area contributed by atoms with E-state index in [1.165, 1.54) is 0 Å². The summed E-state index contributed by atoms with van der Waals surface area (Å²) in [5, 5.41) is 8.99. The minimum atomic E-state index is -2.58. The van der Waals surface area contributed by atoms with Crippen LogP contribution in [0.25, 0.3) is 5.65 Å². The summed E-state index contributed by atoms with van der Waals surface area (Å²) in [6, 6.07) is 1.68. The van der Waals surface area contributed by atoms with Crippen LogP contribution >= 0.6 is 15.9 Å². The Morgan fingerprint density at radius 3 is 2.82 bits per heavy atom. The first-order chi connectivity index (χ1) is 8.01. The van der Waals surface area contributed by atoms with Crippen molar-refractivity contribution in [3.63, 3.8) is 0 Å². The SMILES string of the molecule is OCc1cn2cc(C3CC3(F)F)cc(Br)c2n1. The largest absolute Gasteiger partial charge is 0.390 e. The molecular weight excluding hydrogens is 294 g/mol. The summed E-state index contributed by atoms with van der Waals surface area (Å²) in [4.78, 5) is 4.17. The number of halogens is 3. The highest BCUT2D eigenvalue weighted by Crippen LogP contribution is 2.55. The first-order valence-electron chi connectivity index (χ1n) is 5.17. The van der Waals surface area contributed by atoms with Crippen molar-refractivity contribution >= 4 is 21.6 Å². The lowest BCUT2D eigenvalue weighted by atomic mass is 10.2. The molecule has 0 aliphatic heterocycles. The van der Waals surface area contributed by atoms with E-state index in [4.69, 9.17) is 5.11 Å². The maximum absolute atomic E-state index is 13.0. The number of aromatic nitrogens is 2. The minimum absolute atomic E-state index is 0.0908. The first kappa shape index (κ1) is 11.1. The molecule has 0 spiro atoms. The van der Waals surface area contributed by atoms with Gasteiger partial charge in [-0.15, -0.1) is 0 Å². The van der Waals surface area contributed by atoms with E-state index >= 15 is 0 Å². The van der Waals surface area contributed by atoms with Crippen LogP contribution in [0, 0.1) is 0 Å². The molecule has 2 heterocycles. The molecule has 1 atom stereocenters. The fourth-order valence-corrected chi connectivity index (χ4v) is 2.53. The van der Waals surface area contributed by atoms with Crippen LogP contribution < -0.4 is 0 Å². The fraction of sp³-hybridized carbons (Fsp3) is 0.364. The minimum Gasteiger partial charge on any atom is -0.390 e. The summed E-state index contributed by atoms with van der Waals surface area (Å²) >= 11 is 3.31. The number of aliphatic hydroxyl groups excluding tert-OH is 1. The number of alkyl halides is 2. The van der Waals surface area contributed by atoms with Crippen LogP contribution in [0.2, 0.25) is 0 Å². The van der Waals surface area contributed by atoms with Gasteiger partial charge in [0.15, 0.2) is 5.65 Å². The second-order valence-corrected chi connectivity index (χ2v) is 5.11. The number of fused-ring (bicyclic) bond motifs is 1. The van der Waals surface area contributed by atoms with E-state index in [-0.39, 0.29) is 13.0 Å². The highest BCUT2D eigenvalue weighted by atomic mass is 79.9. The lowest BCUT2D eigenvalue weighted by molar-refractivity contribution is 0.112. The summed E-state index contributed by atoms with van der Waals surface area (Å²) in [6.07, 6.45) is 3.20. The molecule has 0 amide bonds. The number of hydrogen-bond donors (Lipinski definition) is 1. The van der Waals surface area contributed by atoms with Crippen LogP contribution in [0.5, 0.6) is 0 Å². The predicted octanol–water partition coefficient (Wildman–Crippen LogP) is 2.71. The zero-order valence-corrected chi connectivity index (χ0v) is 10.3. The van der Waals surface area contributed by atoms with E-state index < -0.39 is 11.8 Å². The molecule has 3 rings (SSSR count). The van der Waals surface area contributed by atoms with Crippen LogP contribution in [-0.4, -0.2) is 20.4 Å². The van der Waals surface area contributed by atoms with E-state index in [0.717, 1.165) is 0 Å². The molecule has 6 heteroatoms. The molecule has 0 radical (unpaired) electrons. The van der Waals surface area contributed by atoms with E-state index in [9.17, 15) is 8.78 Å². The molecule has 0 bridgehead atoms. The van der Waals surface area contributed by atoms with Gasteiger partial charge in [-0.1, -0.05) is 0 Å². The van der Waals surface area contributed by atoms with Crippen molar-refractivity contribution in [2.45, 2.75) is 24.9 Å². The van der Waals surface area contributed by atoms with Crippen molar-refractivity contribution in [3.05, 3.63) is 34.2 Å². The molecule has 1 fully saturated rings. The molecule has 1 N–H and O–H groups in total. The zero-order valence-electron chi connectivity index (χ0n) is 8.70. The molecule has 3 nitrogen and oxygen atoms in total. The summed E-state index contributed by atoms with van der Waals surface area (Å²) < 4.78 is 28.3. The van der Waals surface area contributed by atoms with Gasteiger partial charge in [0.2, 0.25) is 0 Å². The van der Waals surface area contributed by atoms with E-state index in [1.807, 2.05) is 0 Å². The van der Waals surface area contributed by atoms with Crippen LogP contribution in [0.4, 0.5) is 8.78 Å². The maximum Gasteiger partial charge on any atom is 0.255 e. The Kier molecular flexibility index (Phi) is 2.28. The molecule has 0 aromatic carbocycles. The monoisotopic (exact) mass is 302 g/mol. The molecule has 2 aromatic heterocycles. The summed E-state index contributed by atoms with van der Waals surface area (Å²) in [5.41, 5.74) is 1.74. The predicted molar refractivity (Wildman–Crippen MR) is 61.1 cm³/mol. The molecule has 17 heavy (non-hydrogen) atoms. The van der Waals surface area contributed by atoms with Gasteiger partial charge in [-0.25, -0.2) is 13.8 Å². The summed E-state index contributed by atoms with van der Waals surface area (Å²) in [6.45, 7) is -0.164. The van der Waals surface area contributed by atoms with Crippen molar-refractivity contribution in [1.29, 1.82) is 0 Å². The third-order valence-electron chi connectivity index (χ3n) is 2.97. The van der Waals surface area contributed by atoms with Gasteiger partial charge in [-0.05, 0) is 27.6 Å². The van der Waals surface area contributed by atoms with Gasteiger partial charge in [0.1, 0.15) is 0 Å². The highest BCUT2D eigenvalue weighted by Gasteiger charge is 2.57. The Bertz CT molecular complexity index is 596. The number of pyridine rings is 1. The third kappa shape index (κ3) is 1.75. The molecule has 1 saturated carbocycles. The molecule has 1 aliphatic carbocycles. The Morgan fingerprint density at radius 2 is 2.24 bits per heavy atom. The Labute approximate surface area is 104 Å². The van der Waals surface area contributed by atoms with E-state index in [1.54, 1.807) is 22.9 Å². The van der Waals surface area contributed by atoms with Crippen LogP contribution in [0.15, 0.2) is 22.9 Å². The second-order valence-electron chi connectivity index (χ2n) is 4.26. The summed E-state index contributed by atoms with van der Waals surface area (Å²) in [7, 11) is 0. The number of rotatable bonds is 2. The van der Waals surface area contributed by atoms with Crippen molar-refractivity contribution in [1.82, 2.24) is 9.38 Å². The lowest BCUT2D eigenvalue weighted by Gasteiger charge is -2.03. The topological polar surface area (TPSA) is 37.5 Å². The number of nitrogens with zero attached hydrogens (tertiary/aromatic N) is 2. The molecular formula is C11H9BrF2N2O. The second kappa shape index (κ2) is 3.49. The smallest absolute Gasteiger partial charge is 0.255 e. The number of aliphatic hydroxyl groups is 1. The normalized spacial score (nSPS) is 22.0. The maximum atomic E-state index is 13.0. The van der Waals surface area contributed by atoms with Gasteiger partial charge in [-0.2, -0.15) is 0 Å². The molecule has 2 aromatic rings. The molecule has 90 valence electrons. The lowest BCUT2D eigenvalue weighted by Crippen LogP contribution is -1.95. The van der Waals surface area contributed by atoms with Gasteiger partial charge in [0.25, 0.3) is 5.92 Å².